The number of halogens is 1. The van der Waals surface area contributed by atoms with Crippen LogP contribution in [-0.2, 0) is 0 Å². The summed E-state index contributed by atoms with van der Waals surface area (Å²) in [5.41, 5.74) is 1.09. The fraction of sp³-hybridized carbons (Fsp3) is 0.364. The average molecular weight is 239 g/mol. The lowest BCUT2D eigenvalue weighted by molar-refractivity contribution is 0.958. The van der Waals surface area contributed by atoms with E-state index in [1.165, 1.54) is 10.4 Å². The van der Waals surface area contributed by atoms with Gasteiger partial charge in [-0.2, -0.15) is 4.37 Å². The van der Waals surface area contributed by atoms with E-state index in [9.17, 15) is 0 Å². The van der Waals surface area contributed by atoms with Crippen LogP contribution in [0.25, 0.3) is 10.9 Å². The topological polar surface area (TPSA) is 16.1 Å². The first-order valence-corrected chi connectivity index (χ1v) is 6.29. The lowest BCUT2D eigenvalue weighted by Gasteiger charge is -2.14. The molecule has 2 aromatic rings. The number of anilines is 1. The van der Waals surface area contributed by atoms with E-state index in [2.05, 4.69) is 27.5 Å². The molecule has 0 amide bonds. The lowest BCUT2D eigenvalue weighted by atomic mass is 10.2. The van der Waals surface area contributed by atoms with Crippen LogP contribution in [0.1, 0.15) is 6.42 Å². The molecule has 0 N–H and O–H groups in total. The smallest absolute Gasteiger partial charge is 0.120 e. The molecular weight excluding hydrogens is 228 g/mol. The molecule has 1 aliphatic heterocycles. The maximum atomic E-state index is 6.12. The van der Waals surface area contributed by atoms with Gasteiger partial charge in [0.15, 0.2) is 0 Å². The zero-order chi connectivity index (χ0) is 10.3. The van der Waals surface area contributed by atoms with Gasteiger partial charge in [-0.3, -0.25) is 0 Å². The van der Waals surface area contributed by atoms with Gasteiger partial charge in [0, 0.05) is 18.5 Å². The first-order chi connectivity index (χ1) is 7.34. The van der Waals surface area contributed by atoms with Crippen molar-refractivity contribution in [2.24, 2.45) is 0 Å². The zero-order valence-corrected chi connectivity index (χ0v) is 9.76. The Hall–Kier alpha value is -0.800. The second-order valence-electron chi connectivity index (χ2n) is 3.84. The van der Waals surface area contributed by atoms with Crippen molar-refractivity contribution in [2.45, 2.75) is 11.8 Å². The molecule has 0 aliphatic carbocycles. The molecule has 1 atom stereocenters. The third kappa shape index (κ3) is 1.60. The number of rotatable bonds is 1. The number of aromatic nitrogens is 1. The van der Waals surface area contributed by atoms with Crippen LogP contribution in [0.2, 0.25) is 0 Å². The van der Waals surface area contributed by atoms with E-state index in [0.29, 0.717) is 5.38 Å². The first kappa shape index (κ1) is 9.43. The molecule has 2 nitrogen and oxygen atoms in total. The Morgan fingerprint density at radius 1 is 1.40 bits per heavy atom. The van der Waals surface area contributed by atoms with E-state index in [4.69, 9.17) is 11.6 Å². The Kier molecular flexibility index (Phi) is 2.29. The Labute approximate surface area is 97.6 Å². The third-order valence-electron chi connectivity index (χ3n) is 2.78. The van der Waals surface area contributed by atoms with Crippen LogP contribution in [0, 0.1) is 0 Å². The van der Waals surface area contributed by atoms with Gasteiger partial charge in [-0.25, -0.2) is 0 Å². The first-order valence-electron chi connectivity index (χ1n) is 5.08. The molecule has 78 valence electrons. The number of hydrogen-bond donors (Lipinski definition) is 0. The molecule has 3 rings (SSSR count). The molecule has 0 spiro atoms. The highest BCUT2D eigenvalue weighted by Gasteiger charge is 2.23. The highest BCUT2D eigenvalue weighted by Crippen LogP contribution is 2.33. The highest BCUT2D eigenvalue weighted by molar-refractivity contribution is 7.11. The van der Waals surface area contributed by atoms with Gasteiger partial charge in [0.1, 0.15) is 5.00 Å². The van der Waals surface area contributed by atoms with Gasteiger partial charge in [-0.05, 0) is 30.1 Å². The summed E-state index contributed by atoms with van der Waals surface area (Å²) >= 11 is 7.70. The average Bonchev–Trinajstić information content (AvgIpc) is 2.83. The SMILES string of the molecule is ClC1CCN(c2snc3ccccc23)C1. The number of hydrogen-bond acceptors (Lipinski definition) is 3. The normalized spacial score (nSPS) is 21.4. The van der Waals surface area contributed by atoms with Crippen LogP contribution < -0.4 is 4.90 Å². The van der Waals surface area contributed by atoms with Gasteiger partial charge in [0.25, 0.3) is 0 Å². The van der Waals surface area contributed by atoms with E-state index < -0.39 is 0 Å². The largest absolute Gasteiger partial charge is 0.360 e. The summed E-state index contributed by atoms with van der Waals surface area (Å²) in [6.45, 7) is 2.01. The minimum absolute atomic E-state index is 0.297. The molecule has 0 saturated carbocycles. The summed E-state index contributed by atoms with van der Waals surface area (Å²) in [7, 11) is 0. The maximum absolute atomic E-state index is 6.12. The molecule has 1 aromatic carbocycles. The van der Waals surface area contributed by atoms with Crippen molar-refractivity contribution < 1.29 is 0 Å². The molecule has 1 aliphatic rings. The predicted octanol–water partition coefficient (Wildman–Crippen LogP) is 3.11. The molecule has 15 heavy (non-hydrogen) atoms. The van der Waals surface area contributed by atoms with Crippen LogP contribution in [-0.4, -0.2) is 22.8 Å². The number of fused-ring (bicyclic) bond motifs is 1. The fourth-order valence-corrected chi connectivity index (χ4v) is 3.17. The highest BCUT2D eigenvalue weighted by atomic mass is 35.5. The van der Waals surface area contributed by atoms with Gasteiger partial charge < -0.3 is 4.90 Å². The molecular formula is C11H11ClN2S. The van der Waals surface area contributed by atoms with Crippen molar-refractivity contribution >= 4 is 39.0 Å². The molecule has 1 aromatic heterocycles. The Morgan fingerprint density at radius 2 is 2.27 bits per heavy atom. The summed E-state index contributed by atoms with van der Waals surface area (Å²) in [5.74, 6) is 0. The van der Waals surface area contributed by atoms with Crippen LogP contribution in [0.4, 0.5) is 5.00 Å². The van der Waals surface area contributed by atoms with Crippen molar-refractivity contribution in [1.82, 2.24) is 4.37 Å². The summed E-state index contributed by atoms with van der Waals surface area (Å²) in [6, 6.07) is 8.29. The maximum Gasteiger partial charge on any atom is 0.120 e. The molecule has 0 radical (unpaired) electrons. The summed E-state index contributed by atoms with van der Waals surface area (Å²) < 4.78 is 4.45. The monoisotopic (exact) mass is 238 g/mol. The molecule has 2 heterocycles. The predicted molar refractivity (Wildman–Crippen MR) is 66.1 cm³/mol. The lowest BCUT2D eigenvalue weighted by Crippen LogP contribution is -2.18. The van der Waals surface area contributed by atoms with Crippen LogP contribution >= 0.6 is 23.1 Å². The number of nitrogens with zero attached hydrogens (tertiary/aromatic N) is 2. The third-order valence-corrected chi connectivity index (χ3v) is 4.08. The quantitative estimate of drug-likeness (QED) is 0.710. The van der Waals surface area contributed by atoms with Crippen LogP contribution in [0.3, 0.4) is 0 Å². The Bertz CT molecular complexity index is 482. The summed E-state index contributed by atoms with van der Waals surface area (Å²) in [6.07, 6.45) is 1.08. The van der Waals surface area contributed by atoms with E-state index in [0.717, 1.165) is 25.0 Å². The Morgan fingerprint density at radius 3 is 3.07 bits per heavy atom. The number of benzene rings is 1. The van der Waals surface area contributed by atoms with E-state index in [1.807, 2.05) is 6.07 Å². The summed E-state index contributed by atoms with van der Waals surface area (Å²) in [5, 5.41) is 2.83. The molecule has 1 saturated heterocycles. The molecule has 0 bridgehead atoms. The van der Waals surface area contributed by atoms with Crippen molar-refractivity contribution in [3.8, 4) is 0 Å². The van der Waals surface area contributed by atoms with Gasteiger partial charge in [-0.15, -0.1) is 11.6 Å². The number of alkyl halides is 1. The van der Waals surface area contributed by atoms with E-state index in [1.54, 1.807) is 11.5 Å². The van der Waals surface area contributed by atoms with Crippen molar-refractivity contribution in [3.05, 3.63) is 24.3 Å². The Balaban J connectivity index is 2.04. The van der Waals surface area contributed by atoms with Gasteiger partial charge in [0.05, 0.1) is 10.9 Å². The standard InChI is InChI=1S/C11H11ClN2S/c12-8-5-6-14(7-8)11-9-3-1-2-4-10(9)13-15-11/h1-4,8H,5-7H2. The molecule has 1 unspecified atom stereocenters. The molecule has 1 fully saturated rings. The second kappa shape index (κ2) is 3.65. The molecule has 4 heteroatoms. The van der Waals surface area contributed by atoms with Gasteiger partial charge >= 0.3 is 0 Å². The summed E-state index contributed by atoms with van der Waals surface area (Å²) in [4.78, 5) is 2.34. The van der Waals surface area contributed by atoms with E-state index >= 15 is 0 Å². The van der Waals surface area contributed by atoms with Gasteiger partial charge in [-0.1, -0.05) is 12.1 Å². The van der Waals surface area contributed by atoms with Crippen molar-refractivity contribution in [2.75, 3.05) is 18.0 Å². The fourth-order valence-electron chi connectivity index (χ4n) is 2.01. The zero-order valence-electron chi connectivity index (χ0n) is 8.19. The second-order valence-corrected chi connectivity index (χ2v) is 5.21. The van der Waals surface area contributed by atoms with Crippen molar-refractivity contribution in [1.29, 1.82) is 0 Å². The van der Waals surface area contributed by atoms with Crippen LogP contribution in [0.15, 0.2) is 24.3 Å². The van der Waals surface area contributed by atoms with E-state index in [-0.39, 0.29) is 0 Å². The van der Waals surface area contributed by atoms with Crippen molar-refractivity contribution in [3.63, 3.8) is 0 Å². The van der Waals surface area contributed by atoms with Crippen LogP contribution in [0.5, 0.6) is 0 Å². The minimum Gasteiger partial charge on any atom is -0.360 e. The minimum atomic E-state index is 0.297. The van der Waals surface area contributed by atoms with Gasteiger partial charge in [0.2, 0.25) is 0 Å².